The number of benzene rings is 1. The molecule has 2 amide bonds. The zero-order valence-corrected chi connectivity index (χ0v) is 16.3. The van der Waals surface area contributed by atoms with Crippen LogP contribution in [0.5, 0.6) is 0 Å². The highest BCUT2D eigenvalue weighted by Crippen LogP contribution is 2.16. The van der Waals surface area contributed by atoms with Gasteiger partial charge in [0.1, 0.15) is 0 Å². The molecule has 1 aromatic carbocycles. The Kier molecular flexibility index (Phi) is 6.42. The number of hydrogen-bond acceptors (Lipinski definition) is 3. The molecule has 0 bridgehead atoms. The minimum absolute atomic E-state index is 0.166. The van der Waals surface area contributed by atoms with E-state index in [-0.39, 0.29) is 29.4 Å². The van der Waals surface area contributed by atoms with Crippen LogP contribution < -0.4 is 10.6 Å². The molecule has 0 saturated carbocycles. The van der Waals surface area contributed by atoms with Crippen molar-refractivity contribution in [2.24, 2.45) is 0 Å². The van der Waals surface area contributed by atoms with Crippen LogP contribution in [-0.4, -0.2) is 27.7 Å². The molecular weight excluding hydrogens is 352 g/mol. The summed E-state index contributed by atoms with van der Waals surface area (Å²) in [5, 5.41) is 5.86. The SMILES string of the molecule is CCCCCNC(=O)c1nc(C(=O)NC(C)c2ccccc2)c2ccccn12. The number of unbranched alkanes of at least 4 members (excludes halogenated alkanes) is 2. The molecule has 146 valence electrons. The highest BCUT2D eigenvalue weighted by molar-refractivity contribution is 6.02. The Morgan fingerprint density at radius 2 is 1.79 bits per heavy atom. The van der Waals surface area contributed by atoms with E-state index in [4.69, 9.17) is 0 Å². The number of nitrogens with zero attached hydrogens (tertiary/aromatic N) is 2. The Balaban J connectivity index is 1.81. The van der Waals surface area contributed by atoms with Gasteiger partial charge in [0.05, 0.1) is 11.6 Å². The van der Waals surface area contributed by atoms with Crippen LogP contribution in [0.15, 0.2) is 54.7 Å². The Morgan fingerprint density at radius 1 is 1.04 bits per heavy atom. The first-order valence-electron chi connectivity index (χ1n) is 9.73. The van der Waals surface area contributed by atoms with Crippen molar-refractivity contribution in [3.8, 4) is 0 Å². The first-order chi connectivity index (χ1) is 13.6. The van der Waals surface area contributed by atoms with E-state index < -0.39 is 0 Å². The number of amides is 2. The molecule has 0 radical (unpaired) electrons. The predicted molar refractivity (Wildman–Crippen MR) is 109 cm³/mol. The van der Waals surface area contributed by atoms with E-state index in [0.717, 1.165) is 24.8 Å². The van der Waals surface area contributed by atoms with Crippen LogP contribution in [-0.2, 0) is 0 Å². The standard InChI is InChI=1S/C22H26N4O2/c1-3-4-9-14-23-22(28)20-25-19(18-13-8-10-15-26(18)20)21(27)24-16(2)17-11-6-5-7-12-17/h5-8,10-13,15-16H,3-4,9,14H2,1-2H3,(H,23,28)(H,24,27). The number of imidazole rings is 1. The topological polar surface area (TPSA) is 75.5 Å². The number of rotatable bonds is 8. The molecule has 0 saturated heterocycles. The van der Waals surface area contributed by atoms with Crippen LogP contribution in [0.25, 0.3) is 5.52 Å². The fraction of sp³-hybridized carbons (Fsp3) is 0.318. The monoisotopic (exact) mass is 378 g/mol. The smallest absolute Gasteiger partial charge is 0.287 e. The third-order valence-electron chi connectivity index (χ3n) is 4.68. The number of aromatic nitrogens is 2. The molecule has 6 heteroatoms. The number of pyridine rings is 1. The molecule has 0 spiro atoms. The predicted octanol–water partition coefficient (Wildman–Crippen LogP) is 3.75. The lowest BCUT2D eigenvalue weighted by molar-refractivity contribution is 0.0937. The summed E-state index contributed by atoms with van der Waals surface area (Å²) in [6.45, 7) is 4.64. The molecule has 2 N–H and O–H groups in total. The van der Waals surface area contributed by atoms with Gasteiger partial charge in [0.15, 0.2) is 5.69 Å². The van der Waals surface area contributed by atoms with E-state index in [1.54, 1.807) is 16.7 Å². The molecule has 0 aliphatic rings. The maximum Gasteiger partial charge on any atom is 0.287 e. The Bertz CT molecular complexity index is 950. The van der Waals surface area contributed by atoms with E-state index in [1.165, 1.54) is 0 Å². The van der Waals surface area contributed by atoms with E-state index in [2.05, 4.69) is 22.5 Å². The number of nitrogens with one attached hydrogen (secondary N) is 2. The quantitative estimate of drug-likeness (QED) is 0.586. The van der Waals surface area contributed by atoms with Gasteiger partial charge in [-0.1, -0.05) is 56.2 Å². The first-order valence-corrected chi connectivity index (χ1v) is 9.73. The van der Waals surface area contributed by atoms with E-state index in [0.29, 0.717) is 12.1 Å². The zero-order chi connectivity index (χ0) is 19.9. The second kappa shape index (κ2) is 9.17. The third-order valence-corrected chi connectivity index (χ3v) is 4.68. The van der Waals surface area contributed by atoms with Crippen molar-refractivity contribution < 1.29 is 9.59 Å². The molecule has 3 aromatic rings. The Hall–Kier alpha value is -3.15. The minimum Gasteiger partial charge on any atom is -0.349 e. The fourth-order valence-electron chi connectivity index (χ4n) is 3.11. The maximum atomic E-state index is 12.9. The molecule has 2 heterocycles. The van der Waals surface area contributed by atoms with Gasteiger partial charge in [-0.25, -0.2) is 4.98 Å². The number of carbonyl (C=O) groups is 2. The van der Waals surface area contributed by atoms with Crippen molar-refractivity contribution in [3.05, 3.63) is 71.8 Å². The van der Waals surface area contributed by atoms with Crippen molar-refractivity contribution in [2.45, 2.75) is 39.2 Å². The number of hydrogen-bond donors (Lipinski definition) is 2. The molecule has 0 aliphatic heterocycles. The van der Waals surface area contributed by atoms with Crippen LogP contribution in [0.4, 0.5) is 0 Å². The van der Waals surface area contributed by atoms with Gasteiger partial charge >= 0.3 is 0 Å². The van der Waals surface area contributed by atoms with Crippen molar-refractivity contribution in [1.82, 2.24) is 20.0 Å². The molecule has 1 unspecified atom stereocenters. The molecular formula is C22H26N4O2. The fourth-order valence-corrected chi connectivity index (χ4v) is 3.11. The summed E-state index contributed by atoms with van der Waals surface area (Å²) >= 11 is 0. The molecule has 6 nitrogen and oxygen atoms in total. The lowest BCUT2D eigenvalue weighted by Gasteiger charge is -2.13. The van der Waals surface area contributed by atoms with E-state index in [9.17, 15) is 9.59 Å². The molecule has 2 aromatic heterocycles. The Morgan fingerprint density at radius 3 is 2.54 bits per heavy atom. The summed E-state index contributed by atoms with van der Waals surface area (Å²) in [6, 6.07) is 15.0. The first kappa shape index (κ1) is 19.6. The van der Waals surface area contributed by atoms with Gasteiger partial charge in [-0.3, -0.25) is 14.0 Å². The summed E-state index contributed by atoms with van der Waals surface area (Å²) in [6.07, 6.45) is 4.83. The molecule has 1 atom stereocenters. The summed E-state index contributed by atoms with van der Waals surface area (Å²) in [5.41, 5.74) is 1.87. The minimum atomic E-state index is -0.301. The Labute approximate surface area is 165 Å². The van der Waals surface area contributed by atoms with Gasteiger partial charge in [0.25, 0.3) is 11.8 Å². The van der Waals surface area contributed by atoms with Crippen LogP contribution in [0, 0.1) is 0 Å². The second-order valence-corrected chi connectivity index (χ2v) is 6.81. The highest BCUT2D eigenvalue weighted by Gasteiger charge is 2.22. The number of carbonyl (C=O) groups excluding carboxylic acids is 2. The molecule has 28 heavy (non-hydrogen) atoms. The van der Waals surface area contributed by atoms with Crippen LogP contribution in [0.1, 0.15) is 65.8 Å². The average molecular weight is 378 g/mol. The van der Waals surface area contributed by atoms with Crippen LogP contribution in [0.2, 0.25) is 0 Å². The van der Waals surface area contributed by atoms with Crippen molar-refractivity contribution >= 4 is 17.3 Å². The largest absolute Gasteiger partial charge is 0.349 e. The maximum absolute atomic E-state index is 12.9. The average Bonchev–Trinajstić information content (AvgIpc) is 3.11. The number of fused-ring (bicyclic) bond motifs is 1. The van der Waals surface area contributed by atoms with Crippen molar-refractivity contribution in [1.29, 1.82) is 0 Å². The molecule has 3 rings (SSSR count). The summed E-state index contributed by atoms with van der Waals surface area (Å²) < 4.78 is 1.66. The van der Waals surface area contributed by atoms with E-state index in [1.807, 2.05) is 49.4 Å². The van der Waals surface area contributed by atoms with Gasteiger partial charge < -0.3 is 10.6 Å². The third kappa shape index (κ3) is 4.39. The second-order valence-electron chi connectivity index (χ2n) is 6.81. The normalized spacial score (nSPS) is 11.9. The van der Waals surface area contributed by atoms with Crippen LogP contribution >= 0.6 is 0 Å². The van der Waals surface area contributed by atoms with Gasteiger partial charge in [-0.05, 0) is 31.0 Å². The van der Waals surface area contributed by atoms with Gasteiger partial charge in [-0.2, -0.15) is 0 Å². The van der Waals surface area contributed by atoms with Gasteiger partial charge in [-0.15, -0.1) is 0 Å². The molecule has 0 aliphatic carbocycles. The zero-order valence-electron chi connectivity index (χ0n) is 16.3. The van der Waals surface area contributed by atoms with E-state index >= 15 is 0 Å². The van der Waals surface area contributed by atoms with Crippen LogP contribution in [0.3, 0.4) is 0 Å². The van der Waals surface area contributed by atoms with Gasteiger partial charge in [0.2, 0.25) is 5.82 Å². The highest BCUT2D eigenvalue weighted by atomic mass is 16.2. The lowest BCUT2D eigenvalue weighted by atomic mass is 10.1. The van der Waals surface area contributed by atoms with Crippen molar-refractivity contribution in [3.63, 3.8) is 0 Å². The molecule has 0 fully saturated rings. The summed E-state index contributed by atoms with van der Waals surface area (Å²) in [7, 11) is 0. The van der Waals surface area contributed by atoms with Crippen molar-refractivity contribution in [2.75, 3.05) is 6.54 Å². The summed E-state index contributed by atoms with van der Waals surface area (Å²) in [4.78, 5) is 29.8. The lowest BCUT2D eigenvalue weighted by Crippen LogP contribution is -2.28. The summed E-state index contributed by atoms with van der Waals surface area (Å²) in [5.74, 6) is -0.345. The van der Waals surface area contributed by atoms with Gasteiger partial charge in [0, 0.05) is 12.7 Å².